The molecule has 6 heteroatoms. The second-order valence-corrected chi connectivity index (χ2v) is 4.32. The molecule has 2 aromatic rings. The van der Waals surface area contributed by atoms with Gasteiger partial charge in [-0.1, -0.05) is 30.3 Å². The van der Waals surface area contributed by atoms with Gasteiger partial charge in [-0.05, 0) is 26.8 Å². The largest absolute Gasteiger partial charge is 0.423 e. The van der Waals surface area contributed by atoms with Gasteiger partial charge in [-0.15, -0.1) is 0 Å². The predicted molar refractivity (Wildman–Crippen MR) is 62.7 cm³/mol. The Hall–Kier alpha value is -2.26. The molecule has 1 atom stereocenters. The Morgan fingerprint density at radius 2 is 2.12 bits per heavy atom. The topological polar surface area (TPSA) is 79.8 Å². The Morgan fingerprint density at radius 3 is 2.65 bits per heavy atom. The molecule has 0 amide bonds. The van der Waals surface area contributed by atoms with E-state index in [-0.39, 0.29) is 5.13 Å². The summed E-state index contributed by atoms with van der Waals surface area (Å²) in [6, 6.07) is 11.3. The van der Waals surface area contributed by atoms with Crippen LogP contribution in [-0.4, -0.2) is 9.91 Å². The highest BCUT2D eigenvalue weighted by molar-refractivity contribution is 7.14. The van der Waals surface area contributed by atoms with Gasteiger partial charge in [0.25, 0.3) is 0 Å². The summed E-state index contributed by atoms with van der Waals surface area (Å²) < 4.78 is 0. The van der Waals surface area contributed by atoms with Crippen molar-refractivity contribution in [2.45, 2.75) is 5.92 Å². The molecule has 1 aromatic carbocycles. The van der Waals surface area contributed by atoms with Gasteiger partial charge in [0.1, 0.15) is 5.92 Å². The quantitative estimate of drug-likeness (QED) is 0.615. The van der Waals surface area contributed by atoms with Gasteiger partial charge < -0.3 is 10.1 Å². The molecule has 0 spiro atoms. The molecule has 17 heavy (non-hydrogen) atoms. The number of hydrogen-bond acceptors (Lipinski definition) is 5. The number of aromatic nitrogens is 1. The average molecular weight is 245 g/mol. The number of nitrogens with zero attached hydrogens (tertiary/aromatic N) is 3. The van der Waals surface area contributed by atoms with Crippen molar-refractivity contribution in [2.75, 3.05) is 0 Å². The molecule has 1 heterocycles. The smallest absolute Gasteiger partial charge is 0.357 e. The first kappa shape index (κ1) is 11.2. The lowest BCUT2D eigenvalue weighted by molar-refractivity contribution is -0.384. The highest BCUT2D eigenvalue weighted by Crippen LogP contribution is 2.31. The lowest BCUT2D eigenvalue weighted by Gasteiger charge is -2.04. The zero-order valence-electron chi connectivity index (χ0n) is 8.61. The predicted octanol–water partition coefficient (Wildman–Crippen LogP) is 2.71. The van der Waals surface area contributed by atoms with E-state index in [4.69, 9.17) is 5.26 Å². The van der Waals surface area contributed by atoms with E-state index < -0.39 is 10.8 Å². The fourth-order valence-corrected chi connectivity index (χ4v) is 2.25. The highest BCUT2D eigenvalue weighted by Gasteiger charge is 2.21. The molecular weight excluding hydrogens is 238 g/mol. The molecule has 0 radical (unpaired) electrons. The van der Waals surface area contributed by atoms with E-state index in [1.54, 1.807) is 0 Å². The van der Waals surface area contributed by atoms with Gasteiger partial charge in [0.05, 0.1) is 10.9 Å². The van der Waals surface area contributed by atoms with Crippen LogP contribution in [0.5, 0.6) is 0 Å². The maximum absolute atomic E-state index is 10.5. The molecule has 5 nitrogen and oxygen atoms in total. The third kappa shape index (κ3) is 2.29. The first-order valence-corrected chi connectivity index (χ1v) is 5.58. The third-order valence-electron chi connectivity index (χ3n) is 2.21. The third-order valence-corrected chi connectivity index (χ3v) is 3.23. The zero-order valence-corrected chi connectivity index (χ0v) is 9.42. The molecule has 84 valence electrons. The van der Waals surface area contributed by atoms with Crippen LogP contribution >= 0.6 is 11.3 Å². The van der Waals surface area contributed by atoms with Crippen LogP contribution in [-0.2, 0) is 0 Å². The van der Waals surface area contributed by atoms with Crippen molar-refractivity contribution in [3.05, 3.63) is 57.1 Å². The van der Waals surface area contributed by atoms with Crippen LogP contribution in [0.25, 0.3) is 0 Å². The second-order valence-electron chi connectivity index (χ2n) is 3.28. The fraction of sp³-hybridized carbons (Fsp3) is 0.0909. The van der Waals surface area contributed by atoms with Crippen molar-refractivity contribution in [1.29, 1.82) is 5.26 Å². The van der Waals surface area contributed by atoms with E-state index >= 15 is 0 Å². The molecule has 0 saturated carbocycles. The molecule has 0 N–H and O–H groups in total. The SMILES string of the molecule is N#CC(c1ccccc1)c1cnc([N+](=O)[O-])s1. The summed E-state index contributed by atoms with van der Waals surface area (Å²) in [6.07, 6.45) is 1.39. The molecule has 0 aliphatic rings. The van der Waals surface area contributed by atoms with E-state index in [1.807, 2.05) is 30.3 Å². The van der Waals surface area contributed by atoms with Gasteiger partial charge in [-0.3, -0.25) is 0 Å². The number of benzene rings is 1. The summed E-state index contributed by atoms with van der Waals surface area (Å²) in [6.45, 7) is 0. The Morgan fingerprint density at radius 1 is 1.41 bits per heavy atom. The summed E-state index contributed by atoms with van der Waals surface area (Å²) in [5.41, 5.74) is 0.813. The van der Waals surface area contributed by atoms with Gasteiger partial charge >= 0.3 is 5.13 Å². The van der Waals surface area contributed by atoms with Gasteiger partial charge in [0.15, 0.2) is 6.20 Å². The van der Waals surface area contributed by atoms with Crippen molar-refractivity contribution in [1.82, 2.24) is 4.98 Å². The lowest BCUT2D eigenvalue weighted by Crippen LogP contribution is -1.94. The Kier molecular flexibility index (Phi) is 3.12. The number of nitriles is 1. The summed E-state index contributed by atoms with van der Waals surface area (Å²) >= 11 is 0.936. The standard InChI is InChI=1S/C11H7N3O2S/c12-6-9(8-4-2-1-3-5-8)10-7-13-11(17-10)14(15)16/h1-5,7,9H. The van der Waals surface area contributed by atoms with Gasteiger partial charge in [0.2, 0.25) is 0 Å². The molecule has 0 bridgehead atoms. The zero-order chi connectivity index (χ0) is 12.3. The molecular formula is C11H7N3O2S. The maximum atomic E-state index is 10.5. The van der Waals surface area contributed by atoms with Crippen molar-refractivity contribution in [2.24, 2.45) is 0 Å². The fourth-order valence-electron chi connectivity index (χ4n) is 1.44. The molecule has 1 aromatic heterocycles. The molecule has 2 rings (SSSR count). The summed E-state index contributed by atoms with van der Waals surface area (Å²) in [7, 11) is 0. The van der Waals surface area contributed by atoms with Crippen LogP contribution in [0, 0.1) is 21.4 Å². The van der Waals surface area contributed by atoms with E-state index in [1.165, 1.54) is 6.20 Å². The van der Waals surface area contributed by atoms with Crippen molar-refractivity contribution >= 4 is 16.5 Å². The molecule has 0 aliphatic heterocycles. The summed E-state index contributed by atoms with van der Waals surface area (Å²) in [4.78, 5) is 14.3. The van der Waals surface area contributed by atoms with E-state index in [9.17, 15) is 10.1 Å². The molecule has 0 fully saturated rings. The average Bonchev–Trinajstić information content (AvgIpc) is 2.81. The lowest BCUT2D eigenvalue weighted by atomic mass is 10.00. The van der Waals surface area contributed by atoms with Crippen LogP contribution in [0.15, 0.2) is 36.5 Å². The highest BCUT2D eigenvalue weighted by atomic mass is 32.1. The number of rotatable bonds is 3. The molecule has 1 unspecified atom stereocenters. The van der Waals surface area contributed by atoms with Crippen LogP contribution in [0.3, 0.4) is 0 Å². The monoisotopic (exact) mass is 245 g/mol. The van der Waals surface area contributed by atoms with Crippen LogP contribution < -0.4 is 0 Å². The minimum absolute atomic E-state index is 0.184. The number of hydrogen-bond donors (Lipinski definition) is 0. The van der Waals surface area contributed by atoms with Gasteiger partial charge in [0, 0.05) is 0 Å². The Labute approximate surface area is 101 Å². The van der Waals surface area contributed by atoms with Crippen LogP contribution in [0.2, 0.25) is 0 Å². The summed E-state index contributed by atoms with van der Waals surface area (Å²) in [5, 5.41) is 19.5. The first-order chi connectivity index (χ1) is 8.22. The van der Waals surface area contributed by atoms with E-state index in [0.717, 1.165) is 16.9 Å². The Balaban J connectivity index is 2.37. The normalized spacial score (nSPS) is 11.7. The Bertz CT molecular complexity index is 574. The first-order valence-electron chi connectivity index (χ1n) is 4.77. The van der Waals surface area contributed by atoms with Crippen LogP contribution in [0.4, 0.5) is 5.13 Å². The second kappa shape index (κ2) is 4.72. The minimum Gasteiger partial charge on any atom is -0.357 e. The van der Waals surface area contributed by atoms with Crippen LogP contribution in [0.1, 0.15) is 16.4 Å². The minimum atomic E-state index is -0.548. The van der Waals surface area contributed by atoms with Crippen molar-refractivity contribution in [3.63, 3.8) is 0 Å². The molecule has 0 saturated heterocycles. The number of nitro groups is 1. The van der Waals surface area contributed by atoms with Crippen molar-refractivity contribution < 1.29 is 4.92 Å². The van der Waals surface area contributed by atoms with E-state index in [0.29, 0.717) is 4.88 Å². The number of thiazole rings is 1. The van der Waals surface area contributed by atoms with E-state index in [2.05, 4.69) is 11.1 Å². The summed E-state index contributed by atoms with van der Waals surface area (Å²) in [5.74, 6) is -0.498. The maximum Gasteiger partial charge on any atom is 0.423 e. The van der Waals surface area contributed by atoms with Gasteiger partial charge in [-0.25, -0.2) is 0 Å². The molecule has 0 aliphatic carbocycles. The van der Waals surface area contributed by atoms with Gasteiger partial charge in [-0.2, -0.15) is 5.26 Å². The van der Waals surface area contributed by atoms with Crippen molar-refractivity contribution in [3.8, 4) is 6.07 Å².